The average Bonchev–Trinajstić information content (AvgIpc) is 1.64. The number of rotatable bonds is 14. The zero-order valence-electron chi connectivity index (χ0n) is 71.3. The van der Waals surface area contributed by atoms with Crippen LogP contribution in [0.3, 0.4) is 0 Å². The fraction of sp³-hybridized carbons (Fsp3) is 0.343. The van der Waals surface area contributed by atoms with Crippen LogP contribution in [-0.2, 0) is 52.7 Å². The Balaban J connectivity index is 0.000000106. The zero-order valence-corrected chi connectivity index (χ0v) is 71.3. The molecule has 2 unspecified atom stereocenters. The van der Waals surface area contributed by atoms with Crippen molar-refractivity contribution in [2.24, 2.45) is 14.1 Å². The predicted octanol–water partition coefficient (Wildman–Crippen LogP) is 20.4. The third-order valence-electron chi connectivity index (χ3n) is 26.0. The van der Waals surface area contributed by atoms with Gasteiger partial charge in [-0.25, -0.2) is 37.5 Å². The van der Waals surface area contributed by atoms with Gasteiger partial charge in [-0.2, -0.15) is 0 Å². The van der Waals surface area contributed by atoms with E-state index in [0.29, 0.717) is 52.8 Å². The second kappa shape index (κ2) is 37.0. The second-order valence-electron chi connectivity index (χ2n) is 34.2. The van der Waals surface area contributed by atoms with E-state index in [9.17, 15) is 17.6 Å². The van der Waals surface area contributed by atoms with Crippen LogP contribution in [0.15, 0.2) is 183 Å². The summed E-state index contributed by atoms with van der Waals surface area (Å²) in [7, 11) is 10.3. The number of halogens is 4. The first-order valence-electron chi connectivity index (χ1n) is 43.9. The minimum absolute atomic E-state index is 0.288. The van der Waals surface area contributed by atoms with Crippen molar-refractivity contribution >= 4 is 107 Å². The van der Waals surface area contributed by atoms with Crippen LogP contribution in [0.5, 0.6) is 11.5 Å². The Morgan fingerprint density at radius 1 is 0.452 bits per heavy atom. The van der Waals surface area contributed by atoms with Gasteiger partial charge in [0.25, 0.3) is 0 Å². The summed E-state index contributed by atoms with van der Waals surface area (Å²) in [6.45, 7) is 8.90. The number of anilines is 9. The number of likely N-dealkylation sites (tertiary alicyclic amines) is 1. The van der Waals surface area contributed by atoms with Gasteiger partial charge in [0.1, 0.15) is 45.9 Å². The standard InChI is InChI=1S/C23H27N3.C21H23N3O2.C19H20F2N4.C18H18F2N4.C18H21N5/c1-25-11-8-18(9-12-25)22-15-24-23-14-20(6-7-21(22)23)26-13-10-17-4-2-3-5-19(17)16-26;1-24-12-17(14-5-3-2-4-6-14)16-8-10-20(23-21(16)24)22-15-7-9-18-19(11-15)26-13-25-18;1-25-11-15(12-6-8-22-9-7-12)14-3-5-18(24-19(14)25)23-13-2-4-16(20)17(21)10-13;1-21-10-3-6-16-13(8-10)12-4-7-17(24-18(12)23-16)22-11-2-5-14(19)15(20)9-11;1-11-3-4-13(10-20-11)21-17-8-6-14-15-9-12(19-2)5-7-16(15)22-18(14)23-17/h2-7,14-15,18,24H,8-13,16H2,1H3;7-12,14H,2-6,13H2,1H3,(H,22,23);2-5,10-12,22H,6-9H2,1H3,(H,23,24);2,4-5,7,9-10,21H,3,6,8H2,1H3,(H2,22,23,24);3-4,6,8,10,12,19H,5,7,9H2,1-2H3,(H2,21,22,23). The van der Waals surface area contributed by atoms with Gasteiger partial charge in [-0.3, -0.25) is 4.98 Å². The summed E-state index contributed by atoms with van der Waals surface area (Å²) in [5, 5.41) is 29.1. The van der Waals surface area contributed by atoms with Gasteiger partial charge in [-0.15, -0.1) is 0 Å². The Morgan fingerprint density at radius 2 is 0.968 bits per heavy atom. The number of fused-ring (bicyclic) bond motifs is 11. The molecule has 124 heavy (non-hydrogen) atoms. The van der Waals surface area contributed by atoms with Crippen molar-refractivity contribution in [2.45, 2.75) is 146 Å². The maximum atomic E-state index is 13.4. The van der Waals surface area contributed by atoms with Crippen molar-refractivity contribution < 1.29 is 27.0 Å². The molecule has 7 aliphatic rings. The number of hydrogen-bond donors (Lipinski definition) is 10. The van der Waals surface area contributed by atoms with Crippen LogP contribution in [0.2, 0.25) is 0 Å². The molecule has 0 spiro atoms. The average molecular weight is 1670 g/mol. The fourth-order valence-corrected chi connectivity index (χ4v) is 19.1. The number of piperidine rings is 2. The molecule has 5 aromatic carbocycles. The van der Waals surface area contributed by atoms with Crippen molar-refractivity contribution in [3.8, 4) is 11.5 Å². The first-order chi connectivity index (χ1) is 60.5. The van der Waals surface area contributed by atoms with Gasteiger partial charge in [-0.05, 0) is 304 Å². The number of nitrogens with zero attached hydrogens (tertiary/aromatic N) is 9. The lowest BCUT2D eigenvalue weighted by Crippen LogP contribution is -2.31. The van der Waals surface area contributed by atoms with Crippen LogP contribution in [0.4, 0.5) is 69.3 Å². The summed E-state index contributed by atoms with van der Waals surface area (Å²) in [5.41, 5.74) is 22.8. The van der Waals surface area contributed by atoms with Crippen LogP contribution < -0.4 is 51.6 Å². The fourth-order valence-electron chi connectivity index (χ4n) is 19.1. The third-order valence-corrected chi connectivity index (χ3v) is 26.0. The number of benzene rings is 5. The quantitative estimate of drug-likeness (QED) is 0.0456. The Kier molecular flexibility index (Phi) is 24.7. The number of aromatic amines is 3. The highest BCUT2D eigenvalue weighted by atomic mass is 19.2. The highest BCUT2D eigenvalue weighted by Gasteiger charge is 2.29. The highest BCUT2D eigenvalue weighted by molar-refractivity contribution is 5.89. The van der Waals surface area contributed by atoms with E-state index < -0.39 is 23.3 Å². The third kappa shape index (κ3) is 18.5. The molecule has 25 heteroatoms. The molecule has 2 saturated heterocycles. The SMILES string of the molecule is CN1CCC(c2c[nH]c3cc(N4CCc5ccccc5C4)ccc23)CC1.CNC1CCc2[nH]c3nc(Nc4ccc(C)nc4)ccc3c2C1.CNC1CCc2[nH]c3nc(Nc4ccc(F)c(F)c4)ccc3c2C1.Cn1cc(C2CCCCC2)c2ccc(Nc3ccc4c(c3)OCO4)nc21.Cn1cc(C2CCNCC2)c2ccc(Nc3ccc(F)c(F)c3)nc21. The van der Waals surface area contributed by atoms with E-state index in [4.69, 9.17) is 19.4 Å². The van der Waals surface area contributed by atoms with E-state index in [2.05, 4.69) is 181 Å². The van der Waals surface area contributed by atoms with Gasteiger partial charge in [0, 0.05) is 148 Å². The number of pyridine rings is 5. The first kappa shape index (κ1) is 82.6. The molecule has 4 aliphatic heterocycles. The van der Waals surface area contributed by atoms with Crippen molar-refractivity contribution in [1.82, 2.24) is 69.9 Å². The number of hydrogen-bond acceptors (Lipinski definition) is 16. The van der Waals surface area contributed by atoms with Gasteiger partial charge in [0.05, 0.1) is 11.9 Å². The highest BCUT2D eigenvalue weighted by Crippen LogP contribution is 2.42. The Labute approximate surface area is 720 Å². The monoisotopic (exact) mass is 1670 g/mol. The summed E-state index contributed by atoms with van der Waals surface area (Å²) in [6.07, 6.45) is 27.6. The molecule has 0 radical (unpaired) electrons. The van der Waals surface area contributed by atoms with Gasteiger partial charge >= 0.3 is 0 Å². The topological polar surface area (TPSA) is 231 Å². The van der Waals surface area contributed by atoms with E-state index >= 15 is 0 Å². The van der Waals surface area contributed by atoms with Crippen LogP contribution in [0.1, 0.15) is 144 Å². The molecule has 1 saturated carbocycles. The largest absolute Gasteiger partial charge is 0.454 e. The summed E-state index contributed by atoms with van der Waals surface area (Å²) in [4.78, 5) is 38.5. The van der Waals surface area contributed by atoms with Crippen molar-refractivity contribution in [3.05, 3.63) is 262 Å². The summed E-state index contributed by atoms with van der Waals surface area (Å²) in [5.74, 6) is 2.91. The smallest absolute Gasteiger partial charge is 0.231 e. The molecule has 10 aromatic heterocycles. The number of likely N-dealkylation sites (N-methyl/N-ethyl adjacent to an activating group) is 2. The number of nitrogens with one attached hydrogen (secondary N) is 10. The van der Waals surface area contributed by atoms with E-state index in [1.165, 1.54) is 154 Å². The second-order valence-corrected chi connectivity index (χ2v) is 34.2. The van der Waals surface area contributed by atoms with Crippen LogP contribution >= 0.6 is 0 Å². The minimum Gasteiger partial charge on any atom is -0.454 e. The lowest BCUT2D eigenvalue weighted by Gasteiger charge is -2.31. The van der Waals surface area contributed by atoms with Gasteiger partial charge in [0.15, 0.2) is 34.8 Å². The molecule has 0 amide bonds. The van der Waals surface area contributed by atoms with Crippen molar-refractivity contribution in [3.63, 3.8) is 0 Å². The molecular weight excluding hydrogens is 1560 g/mol. The molecular formula is C99H109F4N19O2. The molecule has 3 fully saturated rings. The van der Waals surface area contributed by atoms with E-state index in [1.807, 2.05) is 93.4 Å². The van der Waals surface area contributed by atoms with E-state index in [1.54, 1.807) is 0 Å². The molecule has 21 nitrogen and oxygen atoms in total. The van der Waals surface area contributed by atoms with Crippen molar-refractivity contribution in [1.29, 1.82) is 0 Å². The molecule has 2 atom stereocenters. The maximum Gasteiger partial charge on any atom is 0.231 e. The van der Waals surface area contributed by atoms with Crippen LogP contribution in [-0.4, -0.2) is 127 Å². The van der Waals surface area contributed by atoms with Crippen LogP contribution in [0, 0.1) is 30.2 Å². The molecule has 0 bridgehead atoms. The molecule has 3 aliphatic carbocycles. The number of aromatic nitrogens is 10. The molecule has 15 aromatic rings. The summed E-state index contributed by atoms with van der Waals surface area (Å²) < 4.78 is 67.7. The first-order valence-corrected chi connectivity index (χ1v) is 43.9. The van der Waals surface area contributed by atoms with Gasteiger partial charge in [-0.1, -0.05) is 49.6 Å². The van der Waals surface area contributed by atoms with Gasteiger partial charge in [0.2, 0.25) is 6.79 Å². The van der Waals surface area contributed by atoms with Gasteiger partial charge < -0.3 is 80.6 Å². The summed E-state index contributed by atoms with van der Waals surface area (Å²) in [6, 6.07) is 50.6. The number of H-pyrrole nitrogens is 3. The zero-order chi connectivity index (χ0) is 84.9. The van der Waals surface area contributed by atoms with E-state index in [-0.39, 0.29) is 6.79 Å². The molecule has 10 N–H and O–H groups in total. The Hall–Kier alpha value is -12.3. The Morgan fingerprint density at radius 3 is 1.54 bits per heavy atom. The Bertz CT molecular complexity index is 6290. The van der Waals surface area contributed by atoms with Crippen LogP contribution in [0.25, 0.3) is 55.0 Å². The van der Waals surface area contributed by atoms with Crippen molar-refractivity contribution in [2.75, 3.05) is 86.8 Å². The summed E-state index contributed by atoms with van der Waals surface area (Å²) >= 11 is 0. The lowest BCUT2D eigenvalue weighted by molar-refractivity contribution is 0.174. The number of ether oxygens (including phenoxy) is 2. The lowest BCUT2D eigenvalue weighted by atomic mass is 9.84. The predicted molar refractivity (Wildman–Crippen MR) is 490 cm³/mol. The molecule has 640 valence electrons. The number of aryl methyl sites for hydroxylation is 5. The minimum atomic E-state index is -0.880. The maximum absolute atomic E-state index is 13.4. The molecule has 22 rings (SSSR count). The molecule has 14 heterocycles. The van der Waals surface area contributed by atoms with E-state index in [0.717, 1.165) is 175 Å². The normalized spacial score (nSPS) is 17.2.